The second kappa shape index (κ2) is 18.0. The molecule has 13 nitrogen and oxygen atoms in total. The van der Waals surface area contributed by atoms with Crippen LogP contribution in [0.15, 0.2) is 66.9 Å². The molecule has 55 heavy (non-hydrogen) atoms. The number of hydrogen-bond acceptors (Lipinski definition) is 9. The smallest absolute Gasteiger partial charge is 0.409 e. The number of piperidine rings is 1. The number of aliphatic hydroxyl groups is 1. The fourth-order valence-corrected chi connectivity index (χ4v) is 7.30. The first-order valence-electron chi connectivity index (χ1n) is 18.4. The van der Waals surface area contributed by atoms with Crippen LogP contribution in [0.3, 0.4) is 0 Å². The minimum Gasteiger partial charge on any atom is -0.447 e. The number of aromatic nitrogens is 2. The molecule has 0 aliphatic carbocycles. The Morgan fingerprint density at radius 2 is 1.75 bits per heavy atom. The Hall–Kier alpha value is -5.06. The molecule has 2 N–H and O–H groups in total. The zero-order valence-electron chi connectivity index (χ0n) is 30.5. The van der Waals surface area contributed by atoms with Gasteiger partial charge in [0.2, 0.25) is 0 Å². The molecular formula is C39H45F3N6O7. The summed E-state index contributed by atoms with van der Waals surface area (Å²) >= 11 is 0. The van der Waals surface area contributed by atoms with Crippen LogP contribution in [0.4, 0.5) is 18.0 Å². The maximum Gasteiger partial charge on any atom is 0.409 e. The molecule has 4 atom stereocenters. The number of nitrogens with zero attached hydrogens (tertiary/aromatic N) is 5. The van der Waals surface area contributed by atoms with Gasteiger partial charge in [-0.2, -0.15) is 0 Å². The molecule has 3 aliphatic rings. The first-order chi connectivity index (χ1) is 26.5. The largest absolute Gasteiger partial charge is 0.447 e. The van der Waals surface area contributed by atoms with Gasteiger partial charge in [-0.15, -0.1) is 0 Å². The molecule has 2 fully saturated rings. The van der Waals surface area contributed by atoms with E-state index >= 15 is 8.78 Å². The number of imide groups is 1. The molecule has 4 amide bonds. The van der Waals surface area contributed by atoms with Gasteiger partial charge in [-0.25, -0.2) is 22.9 Å². The van der Waals surface area contributed by atoms with Gasteiger partial charge in [0.15, 0.2) is 0 Å². The van der Waals surface area contributed by atoms with E-state index in [1.54, 1.807) is 10.8 Å². The molecule has 294 valence electrons. The number of benzene rings is 2. The van der Waals surface area contributed by atoms with E-state index in [9.17, 15) is 28.7 Å². The number of ether oxygens (including phenoxy) is 2. The number of likely N-dealkylation sites (tertiary alicyclic amines) is 1. The van der Waals surface area contributed by atoms with Crippen molar-refractivity contribution in [3.63, 3.8) is 0 Å². The average molecular weight is 767 g/mol. The predicted octanol–water partition coefficient (Wildman–Crippen LogP) is 3.47. The quantitative estimate of drug-likeness (QED) is 0.176. The summed E-state index contributed by atoms with van der Waals surface area (Å²) in [7, 11) is 0. The first-order valence-corrected chi connectivity index (χ1v) is 18.4. The molecule has 0 bridgehead atoms. The Morgan fingerprint density at radius 3 is 2.42 bits per heavy atom. The van der Waals surface area contributed by atoms with Crippen LogP contribution in [0.1, 0.15) is 37.2 Å². The summed E-state index contributed by atoms with van der Waals surface area (Å²) in [5.74, 6) is -3.37. The number of aliphatic hydroxyl groups excluding tert-OH is 1. The Morgan fingerprint density at radius 1 is 1.02 bits per heavy atom. The van der Waals surface area contributed by atoms with Crippen molar-refractivity contribution in [3.05, 3.63) is 89.9 Å². The highest BCUT2D eigenvalue weighted by molar-refractivity contribution is 6.12. The Labute approximate surface area is 316 Å². The fraction of sp³-hybridized carbons (Fsp3) is 0.462. The summed E-state index contributed by atoms with van der Waals surface area (Å²) in [6, 6.07) is 11.7. The number of carbonyl (C=O) groups excluding carboxylic acids is 4. The molecule has 0 radical (unpaired) electrons. The summed E-state index contributed by atoms with van der Waals surface area (Å²) in [6.45, 7) is 2.64. The van der Waals surface area contributed by atoms with Gasteiger partial charge in [0.05, 0.1) is 31.5 Å². The topological polar surface area (TPSA) is 147 Å². The third-order valence-electron chi connectivity index (χ3n) is 10.2. The monoisotopic (exact) mass is 766 g/mol. The maximum absolute atomic E-state index is 15.2. The van der Waals surface area contributed by atoms with Crippen molar-refractivity contribution < 1.29 is 46.9 Å². The van der Waals surface area contributed by atoms with Crippen molar-refractivity contribution in [2.24, 2.45) is 11.8 Å². The van der Waals surface area contributed by atoms with E-state index in [-0.39, 0.29) is 76.3 Å². The SMILES string of the molecule is C[C@H](O)C(=O)N(C[C@@H]1CNC[C@@H]1F)C(c1nc(-c2cc(F)ccc2F)cn1Cc1ccccc1)C1CCN(C(=O)OCCOCCN2C(=O)C=CC2=O)CC1. The second-order valence-corrected chi connectivity index (χ2v) is 14.0. The lowest BCUT2D eigenvalue weighted by Gasteiger charge is -2.42. The van der Waals surface area contributed by atoms with Gasteiger partial charge in [0.1, 0.15) is 36.3 Å². The number of rotatable bonds is 15. The third kappa shape index (κ3) is 9.61. The van der Waals surface area contributed by atoms with Crippen LogP contribution in [0.5, 0.6) is 0 Å². The number of alkyl halides is 1. The minimum absolute atomic E-state index is 0.0384. The lowest BCUT2D eigenvalue weighted by molar-refractivity contribution is -0.145. The molecule has 4 heterocycles. The summed E-state index contributed by atoms with van der Waals surface area (Å²) < 4.78 is 57.4. The molecule has 16 heteroatoms. The van der Waals surface area contributed by atoms with Crippen LogP contribution >= 0.6 is 0 Å². The number of carbonyl (C=O) groups is 4. The van der Waals surface area contributed by atoms with Crippen molar-refractivity contribution in [1.82, 2.24) is 29.6 Å². The molecule has 1 aromatic heterocycles. The molecule has 3 aromatic rings. The molecule has 3 aliphatic heterocycles. The predicted molar refractivity (Wildman–Crippen MR) is 193 cm³/mol. The average Bonchev–Trinajstić information content (AvgIpc) is 3.88. The van der Waals surface area contributed by atoms with E-state index in [1.807, 2.05) is 30.3 Å². The van der Waals surface area contributed by atoms with Crippen LogP contribution in [0.2, 0.25) is 0 Å². The number of amides is 4. The zero-order valence-corrected chi connectivity index (χ0v) is 30.5. The van der Waals surface area contributed by atoms with Crippen molar-refractivity contribution in [2.75, 3.05) is 59.1 Å². The van der Waals surface area contributed by atoms with Crippen LogP contribution in [-0.2, 0) is 30.4 Å². The van der Waals surface area contributed by atoms with E-state index in [1.165, 1.54) is 28.9 Å². The lowest BCUT2D eigenvalue weighted by atomic mass is 9.86. The molecule has 6 rings (SSSR count). The van der Waals surface area contributed by atoms with E-state index < -0.39 is 59.7 Å². The van der Waals surface area contributed by atoms with E-state index in [0.29, 0.717) is 25.2 Å². The number of halogens is 3. The normalized spacial score (nSPS) is 19.9. The Bertz CT molecular complexity index is 1850. The van der Waals surface area contributed by atoms with Crippen molar-refractivity contribution in [2.45, 2.75) is 44.6 Å². The van der Waals surface area contributed by atoms with Crippen LogP contribution in [0, 0.1) is 23.5 Å². The lowest BCUT2D eigenvalue weighted by Crippen LogP contribution is -2.50. The van der Waals surface area contributed by atoms with Crippen molar-refractivity contribution in [1.29, 1.82) is 0 Å². The highest BCUT2D eigenvalue weighted by atomic mass is 19.1. The van der Waals surface area contributed by atoms with Gasteiger partial charge in [0, 0.05) is 69.1 Å². The molecule has 1 unspecified atom stereocenters. The highest BCUT2D eigenvalue weighted by Crippen LogP contribution is 2.39. The molecular weight excluding hydrogens is 721 g/mol. The number of nitrogens with one attached hydrogen (secondary N) is 1. The van der Waals surface area contributed by atoms with Crippen LogP contribution < -0.4 is 5.32 Å². The van der Waals surface area contributed by atoms with Crippen LogP contribution in [-0.4, -0.2) is 125 Å². The molecule has 2 aromatic carbocycles. The summed E-state index contributed by atoms with van der Waals surface area (Å²) in [4.78, 5) is 59.3. The van der Waals surface area contributed by atoms with E-state index in [2.05, 4.69) is 5.32 Å². The summed E-state index contributed by atoms with van der Waals surface area (Å²) in [5.41, 5.74) is 0.947. The van der Waals surface area contributed by atoms with Gasteiger partial charge >= 0.3 is 6.09 Å². The van der Waals surface area contributed by atoms with Gasteiger partial charge in [-0.05, 0) is 49.4 Å². The fourth-order valence-electron chi connectivity index (χ4n) is 7.30. The summed E-state index contributed by atoms with van der Waals surface area (Å²) in [6.07, 6.45) is 1.48. The molecule has 0 saturated carbocycles. The van der Waals surface area contributed by atoms with E-state index in [4.69, 9.17) is 14.5 Å². The molecule has 0 spiro atoms. The second-order valence-electron chi connectivity index (χ2n) is 14.0. The number of hydrogen-bond donors (Lipinski definition) is 2. The van der Waals surface area contributed by atoms with E-state index in [0.717, 1.165) is 28.7 Å². The zero-order chi connectivity index (χ0) is 39.1. The van der Waals surface area contributed by atoms with Crippen molar-refractivity contribution in [3.8, 4) is 11.3 Å². The third-order valence-corrected chi connectivity index (χ3v) is 10.2. The van der Waals surface area contributed by atoms with Gasteiger partial charge < -0.3 is 34.3 Å². The Kier molecular flexibility index (Phi) is 13.0. The van der Waals surface area contributed by atoms with Crippen molar-refractivity contribution >= 4 is 23.8 Å². The highest BCUT2D eigenvalue weighted by Gasteiger charge is 2.42. The van der Waals surface area contributed by atoms with Gasteiger partial charge in [-0.1, -0.05) is 30.3 Å². The summed E-state index contributed by atoms with van der Waals surface area (Å²) in [5, 5.41) is 13.7. The first kappa shape index (κ1) is 39.6. The molecule has 2 saturated heterocycles. The standard InChI is InChI=1S/C39H45F3N6O7/c1-25(49)38(52)48(23-28-20-43-21-32(28)42)36(27-11-13-45(14-12-27)39(53)55-18-17-54-16-15-47-34(50)9-10-35(47)51)37-44-33(30-19-29(40)7-8-31(30)41)24-46(37)22-26-5-3-2-4-6-26/h2-10,19,24-25,27-28,32,36,43,49H,11-18,20-23H2,1H3/t25-,28-,32-,36?/m0/s1. The maximum atomic E-state index is 15.2. The van der Waals surface area contributed by atoms with Gasteiger partial charge in [0.25, 0.3) is 17.7 Å². The minimum atomic E-state index is -1.43. The number of imidazole rings is 1. The van der Waals surface area contributed by atoms with Crippen LogP contribution in [0.25, 0.3) is 11.3 Å². The van der Waals surface area contributed by atoms with Gasteiger partial charge in [-0.3, -0.25) is 19.3 Å². The Balaban J connectivity index is 1.23.